The van der Waals surface area contributed by atoms with Crippen LogP contribution in [0.3, 0.4) is 0 Å². The topological polar surface area (TPSA) is 113 Å². The van der Waals surface area contributed by atoms with Gasteiger partial charge in [-0.05, 0) is 48.7 Å². The summed E-state index contributed by atoms with van der Waals surface area (Å²) in [6.07, 6.45) is 3.27. The molecular weight excluding hydrogens is 344 g/mol. The average Bonchev–Trinajstić information content (AvgIpc) is 2.66. The molecule has 1 amide bonds. The van der Waals surface area contributed by atoms with Crippen molar-refractivity contribution in [3.05, 3.63) is 59.8 Å². The summed E-state index contributed by atoms with van der Waals surface area (Å²) in [5.74, 6) is -0.408. The fraction of sp³-hybridized carbons (Fsp3) is 0.150. The molecular formula is C20H18N4O3. The Hall–Kier alpha value is -3.61. The minimum atomic E-state index is -0.299. The van der Waals surface area contributed by atoms with E-state index in [1.54, 1.807) is 17.2 Å². The van der Waals surface area contributed by atoms with Gasteiger partial charge in [0.15, 0.2) is 0 Å². The predicted molar refractivity (Wildman–Crippen MR) is 102 cm³/mol. The fourth-order valence-corrected chi connectivity index (χ4v) is 3.35. The van der Waals surface area contributed by atoms with Gasteiger partial charge in [-0.15, -0.1) is 0 Å². The molecule has 3 aromatic rings. The highest BCUT2D eigenvalue weighted by molar-refractivity contribution is 6.08. The first kappa shape index (κ1) is 16.8. The monoisotopic (exact) mass is 362 g/mol. The molecule has 0 fully saturated rings. The number of amides is 1. The van der Waals surface area contributed by atoms with E-state index >= 15 is 0 Å². The lowest BCUT2D eigenvalue weighted by molar-refractivity contribution is 0.0982. The number of aromatic hydroxyl groups is 2. The largest absolute Gasteiger partial charge is 0.508 e. The van der Waals surface area contributed by atoms with Crippen molar-refractivity contribution in [3.63, 3.8) is 0 Å². The van der Waals surface area contributed by atoms with Gasteiger partial charge in [0.1, 0.15) is 11.5 Å². The number of aryl methyl sites for hydroxylation is 1. The Balaban J connectivity index is 1.70. The molecule has 4 N–H and O–H groups in total. The molecule has 0 spiro atoms. The van der Waals surface area contributed by atoms with Gasteiger partial charge < -0.3 is 20.8 Å². The zero-order valence-corrected chi connectivity index (χ0v) is 14.5. The van der Waals surface area contributed by atoms with E-state index in [2.05, 4.69) is 9.97 Å². The number of phenols is 2. The van der Waals surface area contributed by atoms with Gasteiger partial charge in [-0.3, -0.25) is 4.79 Å². The molecule has 1 aliphatic heterocycles. The van der Waals surface area contributed by atoms with Gasteiger partial charge in [0.2, 0.25) is 5.95 Å². The van der Waals surface area contributed by atoms with Crippen LogP contribution in [-0.4, -0.2) is 32.6 Å². The first-order valence-corrected chi connectivity index (χ1v) is 8.58. The summed E-state index contributed by atoms with van der Waals surface area (Å²) >= 11 is 0. The van der Waals surface area contributed by atoms with E-state index in [-0.39, 0.29) is 28.9 Å². The van der Waals surface area contributed by atoms with Crippen molar-refractivity contribution in [1.29, 1.82) is 0 Å². The van der Waals surface area contributed by atoms with Crippen LogP contribution in [0.4, 0.5) is 11.6 Å². The molecule has 7 heteroatoms. The number of nitrogens with zero attached hydrogens (tertiary/aromatic N) is 3. The minimum Gasteiger partial charge on any atom is -0.508 e. The van der Waals surface area contributed by atoms with Crippen LogP contribution in [0.15, 0.2) is 48.7 Å². The average molecular weight is 362 g/mol. The first-order chi connectivity index (χ1) is 13.0. The number of fused-ring (bicyclic) bond motifs is 1. The molecule has 27 heavy (non-hydrogen) atoms. The van der Waals surface area contributed by atoms with Crippen molar-refractivity contribution in [2.24, 2.45) is 0 Å². The number of nitrogens with two attached hydrogens (primary N) is 1. The zero-order valence-electron chi connectivity index (χ0n) is 14.5. The van der Waals surface area contributed by atoms with Crippen LogP contribution in [0.5, 0.6) is 11.5 Å². The first-order valence-electron chi connectivity index (χ1n) is 8.58. The lowest BCUT2D eigenvalue weighted by atomic mass is 9.97. The molecule has 0 saturated heterocycles. The summed E-state index contributed by atoms with van der Waals surface area (Å²) in [6.45, 7) is 0.561. The van der Waals surface area contributed by atoms with Crippen molar-refractivity contribution in [2.45, 2.75) is 12.8 Å². The van der Waals surface area contributed by atoms with Gasteiger partial charge in [0.25, 0.3) is 5.91 Å². The molecule has 2 heterocycles. The maximum absolute atomic E-state index is 12.9. The van der Waals surface area contributed by atoms with E-state index in [9.17, 15) is 15.0 Å². The summed E-state index contributed by atoms with van der Waals surface area (Å²) in [6, 6.07) is 11.6. The lowest BCUT2D eigenvalue weighted by Crippen LogP contribution is -2.35. The number of aromatic nitrogens is 2. The Labute approximate surface area is 155 Å². The summed E-state index contributed by atoms with van der Waals surface area (Å²) in [7, 11) is 0. The fourth-order valence-electron chi connectivity index (χ4n) is 3.35. The third-order valence-electron chi connectivity index (χ3n) is 4.62. The van der Waals surface area contributed by atoms with E-state index in [0.717, 1.165) is 35.3 Å². The summed E-state index contributed by atoms with van der Waals surface area (Å²) in [5.41, 5.74) is 9.30. The van der Waals surface area contributed by atoms with E-state index in [4.69, 9.17) is 5.73 Å². The zero-order chi connectivity index (χ0) is 19.0. The van der Waals surface area contributed by atoms with Crippen molar-refractivity contribution >= 4 is 17.5 Å². The SMILES string of the molecule is Nc1nccc(-c2ccc3c(c2)CCCN3C(=O)c2ccc(O)cc2O)n1. The Morgan fingerprint density at radius 1 is 1.11 bits per heavy atom. The van der Waals surface area contributed by atoms with Gasteiger partial charge in [-0.1, -0.05) is 6.07 Å². The minimum absolute atomic E-state index is 0.0862. The third-order valence-corrected chi connectivity index (χ3v) is 4.62. The quantitative estimate of drug-likeness (QED) is 0.646. The van der Waals surface area contributed by atoms with E-state index < -0.39 is 0 Å². The summed E-state index contributed by atoms with van der Waals surface area (Å²) < 4.78 is 0. The second-order valence-electron chi connectivity index (χ2n) is 6.41. The number of phenolic OH excluding ortho intramolecular Hbond substituents is 2. The highest BCUT2D eigenvalue weighted by Crippen LogP contribution is 2.33. The molecule has 0 bridgehead atoms. The Morgan fingerprint density at radius 2 is 1.96 bits per heavy atom. The standard InChI is InChI=1S/C20H18N4O3/c21-20-22-8-7-16(23-20)12-3-6-17-13(10-12)2-1-9-24(17)19(27)15-5-4-14(25)11-18(15)26/h3-8,10-11,25-26H,1-2,9H2,(H2,21,22,23). The molecule has 7 nitrogen and oxygen atoms in total. The highest BCUT2D eigenvalue weighted by atomic mass is 16.3. The number of anilines is 2. The number of hydrogen-bond donors (Lipinski definition) is 3. The molecule has 0 unspecified atom stereocenters. The Kier molecular flexibility index (Phi) is 4.12. The van der Waals surface area contributed by atoms with E-state index in [0.29, 0.717) is 6.54 Å². The number of benzene rings is 2. The maximum Gasteiger partial charge on any atom is 0.262 e. The molecule has 0 saturated carbocycles. The second kappa shape index (κ2) is 6.60. The van der Waals surface area contributed by atoms with Crippen LogP contribution in [0.1, 0.15) is 22.3 Å². The number of hydrogen-bond acceptors (Lipinski definition) is 6. The molecule has 136 valence electrons. The molecule has 0 aliphatic carbocycles. The molecule has 4 rings (SSSR count). The number of carbonyl (C=O) groups is 1. The molecule has 2 aromatic carbocycles. The normalized spacial score (nSPS) is 13.3. The van der Waals surface area contributed by atoms with Crippen molar-refractivity contribution in [3.8, 4) is 22.8 Å². The van der Waals surface area contributed by atoms with Gasteiger partial charge in [0.05, 0.1) is 11.3 Å². The van der Waals surface area contributed by atoms with Crippen molar-refractivity contribution in [2.75, 3.05) is 17.2 Å². The summed E-state index contributed by atoms with van der Waals surface area (Å²) in [5, 5.41) is 19.5. The predicted octanol–water partition coefficient (Wildman–Crippen LogP) is 2.73. The maximum atomic E-state index is 12.9. The van der Waals surface area contributed by atoms with Crippen LogP contribution in [0, 0.1) is 0 Å². The number of rotatable bonds is 2. The third kappa shape index (κ3) is 3.15. The Morgan fingerprint density at radius 3 is 2.74 bits per heavy atom. The van der Waals surface area contributed by atoms with E-state index in [1.807, 2.05) is 18.2 Å². The van der Waals surface area contributed by atoms with Crippen molar-refractivity contribution in [1.82, 2.24) is 9.97 Å². The molecule has 0 atom stereocenters. The smallest absolute Gasteiger partial charge is 0.262 e. The van der Waals surface area contributed by atoms with Crippen LogP contribution in [0.2, 0.25) is 0 Å². The lowest BCUT2D eigenvalue weighted by Gasteiger charge is -2.30. The van der Waals surface area contributed by atoms with Crippen LogP contribution < -0.4 is 10.6 Å². The highest BCUT2D eigenvalue weighted by Gasteiger charge is 2.26. The number of carbonyl (C=O) groups excluding carboxylic acids is 1. The van der Waals surface area contributed by atoms with Gasteiger partial charge in [0, 0.05) is 30.1 Å². The van der Waals surface area contributed by atoms with E-state index in [1.165, 1.54) is 18.2 Å². The number of nitrogen functional groups attached to an aromatic ring is 1. The molecule has 1 aliphatic rings. The molecule has 1 aromatic heterocycles. The van der Waals surface area contributed by atoms with Crippen LogP contribution in [0.25, 0.3) is 11.3 Å². The second-order valence-corrected chi connectivity index (χ2v) is 6.41. The van der Waals surface area contributed by atoms with Crippen LogP contribution in [-0.2, 0) is 6.42 Å². The van der Waals surface area contributed by atoms with Crippen molar-refractivity contribution < 1.29 is 15.0 Å². The van der Waals surface area contributed by atoms with Crippen LogP contribution >= 0.6 is 0 Å². The van der Waals surface area contributed by atoms with Gasteiger partial charge in [-0.2, -0.15) is 0 Å². The summed E-state index contributed by atoms with van der Waals surface area (Å²) in [4.78, 5) is 22.7. The van der Waals surface area contributed by atoms with Gasteiger partial charge >= 0.3 is 0 Å². The Bertz CT molecular complexity index is 1040. The molecule has 0 radical (unpaired) electrons. The van der Waals surface area contributed by atoms with Gasteiger partial charge in [-0.25, -0.2) is 9.97 Å².